The highest BCUT2D eigenvalue weighted by Gasteiger charge is 2.04. The van der Waals surface area contributed by atoms with Gasteiger partial charge in [-0.2, -0.15) is 0 Å². The first kappa shape index (κ1) is 13.9. The minimum absolute atomic E-state index is 0.364. The van der Waals surface area contributed by atoms with Crippen molar-refractivity contribution in [3.63, 3.8) is 0 Å². The maximum absolute atomic E-state index is 12.0. The van der Waals surface area contributed by atoms with Crippen LogP contribution in [0.5, 0.6) is 5.75 Å². The molecular weight excluding hydrogens is 282 g/mol. The molecule has 0 fully saturated rings. The summed E-state index contributed by atoms with van der Waals surface area (Å²) in [6.45, 7) is 0.364. The molecule has 0 aromatic heterocycles. The molecule has 100 valence electrons. The van der Waals surface area contributed by atoms with Crippen molar-refractivity contribution in [2.45, 2.75) is 4.90 Å². The number of ether oxygens (including phenoxy) is 1. The molecule has 2 aromatic carbocycles. The van der Waals surface area contributed by atoms with Crippen LogP contribution in [0.15, 0.2) is 53.4 Å². The number of nitrogen functional groups attached to an aromatic ring is 1. The summed E-state index contributed by atoms with van der Waals surface area (Å²) >= 11 is 5.86. The number of benzene rings is 2. The van der Waals surface area contributed by atoms with Gasteiger partial charge in [-0.25, -0.2) is 0 Å². The van der Waals surface area contributed by atoms with Crippen LogP contribution in [0.4, 0.5) is 5.69 Å². The first-order valence-electron chi connectivity index (χ1n) is 5.77. The third-order valence-corrected chi connectivity index (χ3v) is 4.01. The van der Waals surface area contributed by atoms with Crippen LogP contribution in [0.2, 0.25) is 5.02 Å². The van der Waals surface area contributed by atoms with Crippen LogP contribution < -0.4 is 10.5 Å². The maximum Gasteiger partial charge on any atom is 0.121 e. The predicted molar refractivity (Wildman–Crippen MR) is 79.1 cm³/mol. The summed E-state index contributed by atoms with van der Waals surface area (Å²) in [5, 5.41) is 0.586. The SMILES string of the molecule is Nc1cccc(OCCS(=O)c2cccc(Cl)c2)c1. The lowest BCUT2D eigenvalue weighted by atomic mass is 10.3. The smallest absolute Gasteiger partial charge is 0.121 e. The molecule has 0 aliphatic heterocycles. The Bertz CT molecular complexity index is 589. The fourth-order valence-corrected chi connectivity index (χ4v) is 2.78. The lowest BCUT2D eigenvalue weighted by Crippen LogP contribution is -2.08. The van der Waals surface area contributed by atoms with Gasteiger partial charge in [0.25, 0.3) is 0 Å². The van der Waals surface area contributed by atoms with Crippen LogP contribution in [0, 0.1) is 0 Å². The zero-order valence-electron chi connectivity index (χ0n) is 10.2. The van der Waals surface area contributed by atoms with Gasteiger partial charge in [0.05, 0.1) is 16.6 Å². The van der Waals surface area contributed by atoms with Gasteiger partial charge < -0.3 is 10.5 Å². The summed E-state index contributed by atoms with van der Waals surface area (Å²) in [6, 6.07) is 14.2. The molecule has 1 atom stereocenters. The normalized spacial score (nSPS) is 12.1. The highest BCUT2D eigenvalue weighted by Crippen LogP contribution is 2.16. The largest absolute Gasteiger partial charge is 0.493 e. The Morgan fingerprint density at radius 1 is 1.16 bits per heavy atom. The Balaban J connectivity index is 1.87. The number of rotatable bonds is 5. The van der Waals surface area contributed by atoms with Crippen molar-refractivity contribution in [1.29, 1.82) is 0 Å². The monoisotopic (exact) mass is 295 g/mol. The Morgan fingerprint density at radius 3 is 2.68 bits per heavy atom. The van der Waals surface area contributed by atoms with Gasteiger partial charge in [0.2, 0.25) is 0 Å². The van der Waals surface area contributed by atoms with E-state index in [1.165, 1.54) is 0 Å². The number of anilines is 1. The zero-order valence-corrected chi connectivity index (χ0v) is 11.8. The van der Waals surface area contributed by atoms with Gasteiger partial charge in [-0.3, -0.25) is 4.21 Å². The second kappa shape index (κ2) is 6.59. The fourth-order valence-electron chi connectivity index (χ4n) is 1.57. The molecular formula is C14H14ClNO2S. The zero-order chi connectivity index (χ0) is 13.7. The molecule has 2 N–H and O–H groups in total. The minimum Gasteiger partial charge on any atom is -0.493 e. The van der Waals surface area contributed by atoms with Crippen LogP contribution in [-0.4, -0.2) is 16.6 Å². The highest BCUT2D eigenvalue weighted by atomic mass is 35.5. The lowest BCUT2D eigenvalue weighted by molar-refractivity contribution is 0.343. The first-order chi connectivity index (χ1) is 9.15. The molecule has 0 saturated heterocycles. The third kappa shape index (κ3) is 4.26. The van der Waals surface area contributed by atoms with Crippen molar-refractivity contribution in [3.05, 3.63) is 53.6 Å². The molecule has 2 aromatic rings. The number of halogens is 1. The summed E-state index contributed by atoms with van der Waals surface area (Å²) in [7, 11) is -1.11. The molecule has 5 heteroatoms. The number of nitrogens with two attached hydrogens (primary N) is 1. The van der Waals surface area contributed by atoms with Crippen molar-refractivity contribution < 1.29 is 8.95 Å². The van der Waals surface area contributed by atoms with E-state index in [0.29, 0.717) is 33.7 Å². The Labute approximate surface area is 119 Å². The van der Waals surface area contributed by atoms with Crippen LogP contribution in [0.3, 0.4) is 0 Å². The summed E-state index contributed by atoms with van der Waals surface area (Å²) in [5.74, 6) is 1.10. The van der Waals surface area contributed by atoms with Gasteiger partial charge in [0.15, 0.2) is 0 Å². The molecule has 3 nitrogen and oxygen atoms in total. The van der Waals surface area contributed by atoms with E-state index in [-0.39, 0.29) is 0 Å². The molecule has 0 bridgehead atoms. The minimum atomic E-state index is -1.11. The average Bonchev–Trinajstić information content (AvgIpc) is 2.38. The molecule has 0 amide bonds. The molecule has 1 unspecified atom stereocenters. The van der Waals surface area contributed by atoms with Crippen molar-refractivity contribution in [1.82, 2.24) is 0 Å². The van der Waals surface area contributed by atoms with E-state index in [4.69, 9.17) is 22.1 Å². The molecule has 0 radical (unpaired) electrons. The molecule has 19 heavy (non-hydrogen) atoms. The van der Waals surface area contributed by atoms with Crippen molar-refractivity contribution in [3.8, 4) is 5.75 Å². The van der Waals surface area contributed by atoms with Gasteiger partial charge in [0, 0.05) is 21.7 Å². The first-order valence-corrected chi connectivity index (χ1v) is 7.47. The van der Waals surface area contributed by atoms with Crippen LogP contribution >= 0.6 is 11.6 Å². The second-order valence-corrected chi connectivity index (χ2v) is 5.94. The topological polar surface area (TPSA) is 52.3 Å². The average molecular weight is 296 g/mol. The molecule has 0 aliphatic rings. The summed E-state index contributed by atoms with van der Waals surface area (Å²) in [4.78, 5) is 0.712. The summed E-state index contributed by atoms with van der Waals surface area (Å²) in [5.41, 5.74) is 6.29. The van der Waals surface area contributed by atoms with E-state index >= 15 is 0 Å². The third-order valence-electron chi connectivity index (χ3n) is 2.45. The van der Waals surface area contributed by atoms with Crippen LogP contribution in [-0.2, 0) is 10.8 Å². The maximum atomic E-state index is 12.0. The van der Waals surface area contributed by atoms with Crippen molar-refractivity contribution in [2.75, 3.05) is 18.1 Å². The van der Waals surface area contributed by atoms with Gasteiger partial charge in [-0.05, 0) is 30.3 Å². The van der Waals surface area contributed by atoms with Crippen LogP contribution in [0.1, 0.15) is 0 Å². The highest BCUT2D eigenvalue weighted by molar-refractivity contribution is 7.85. The van der Waals surface area contributed by atoms with E-state index < -0.39 is 10.8 Å². The van der Waals surface area contributed by atoms with E-state index in [1.807, 2.05) is 12.1 Å². The summed E-state index contributed by atoms with van der Waals surface area (Å²) in [6.07, 6.45) is 0. The number of hydrogen-bond acceptors (Lipinski definition) is 3. The Morgan fingerprint density at radius 2 is 1.95 bits per heavy atom. The summed E-state index contributed by atoms with van der Waals surface area (Å²) < 4.78 is 17.5. The van der Waals surface area contributed by atoms with Crippen molar-refractivity contribution in [2.24, 2.45) is 0 Å². The van der Waals surface area contributed by atoms with Gasteiger partial charge in [0.1, 0.15) is 12.4 Å². The molecule has 0 spiro atoms. The van der Waals surface area contributed by atoms with E-state index in [2.05, 4.69) is 0 Å². The number of hydrogen-bond donors (Lipinski definition) is 1. The molecule has 0 aliphatic carbocycles. The molecule has 0 heterocycles. The lowest BCUT2D eigenvalue weighted by Gasteiger charge is -2.07. The standard InChI is InChI=1S/C14H14ClNO2S/c15-11-3-1-6-14(9-11)19(17)8-7-18-13-5-2-4-12(16)10-13/h1-6,9-10H,7-8,16H2. The molecule has 2 rings (SSSR count). The fraction of sp³-hybridized carbons (Fsp3) is 0.143. The van der Waals surface area contributed by atoms with Gasteiger partial charge >= 0.3 is 0 Å². The predicted octanol–water partition coefficient (Wildman–Crippen LogP) is 3.11. The van der Waals surface area contributed by atoms with E-state index in [9.17, 15) is 4.21 Å². The van der Waals surface area contributed by atoms with Crippen molar-refractivity contribution >= 4 is 28.1 Å². The van der Waals surface area contributed by atoms with Gasteiger partial charge in [-0.1, -0.05) is 23.7 Å². The second-order valence-electron chi connectivity index (χ2n) is 3.93. The Kier molecular flexibility index (Phi) is 4.82. The van der Waals surface area contributed by atoms with Gasteiger partial charge in [-0.15, -0.1) is 0 Å². The quantitative estimate of drug-likeness (QED) is 0.862. The Hall–Kier alpha value is -1.52. The van der Waals surface area contributed by atoms with E-state index in [1.54, 1.807) is 36.4 Å². The van der Waals surface area contributed by atoms with E-state index in [0.717, 1.165) is 0 Å². The molecule has 0 saturated carbocycles. The van der Waals surface area contributed by atoms with Crippen LogP contribution in [0.25, 0.3) is 0 Å².